The van der Waals surface area contributed by atoms with E-state index in [-0.39, 0.29) is 16.4 Å². The van der Waals surface area contributed by atoms with E-state index in [1.807, 2.05) is 6.92 Å². The predicted octanol–water partition coefficient (Wildman–Crippen LogP) is 3.70. The van der Waals surface area contributed by atoms with E-state index in [1.54, 1.807) is 37.3 Å². The summed E-state index contributed by atoms with van der Waals surface area (Å²) in [5.74, 6) is 0.347. The van der Waals surface area contributed by atoms with Crippen molar-refractivity contribution in [2.45, 2.75) is 25.2 Å². The zero-order valence-electron chi connectivity index (χ0n) is 14.7. The second-order valence-electron chi connectivity index (χ2n) is 5.53. The van der Waals surface area contributed by atoms with Crippen molar-refractivity contribution in [1.82, 2.24) is 0 Å². The summed E-state index contributed by atoms with van der Waals surface area (Å²) in [5, 5.41) is 11.8. The van der Waals surface area contributed by atoms with Gasteiger partial charge in [-0.25, -0.2) is 0 Å². The van der Waals surface area contributed by atoms with Crippen LogP contribution in [-0.2, 0) is 16.5 Å². The first-order chi connectivity index (χ1) is 12.4. The first-order valence-corrected chi connectivity index (χ1v) is 9.41. The van der Waals surface area contributed by atoms with Crippen LogP contribution in [0.4, 0.5) is 0 Å². The van der Waals surface area contributed by atoms with Gasteiger partial charge >= 0.3 is 10.1 Å². The zero-order valence-corrected chi connectivity index (χ0v) is 15.5. The Bertz CT molecular complexity index is 902. The molecule has 0 aliphatic rings. The number of hydrogen-bond donors (Lipinski definition) is 1. The van der Waals surface area contributed by atoms with Gasteiger partial charge in [-0.15, -0.1) is 6.58 Å². The van der Waals surface area contributed by atoms with Crippen molar-refractivity contribution < 1.29 is 22.5 Å². The third-order valence-corrected chi connectivity index (χ3v) is 4.76. The second-order valence-corrected chi connectivity index (χ2v) is 7.07. The van der Waals surface area contributed by atoms with E-state index in [2.05, 4.69) is 11.7 Å². The van der Waals surface area contributed by atoms with E-state index in [9.17, 15) is 8.42 Å². The monoisotopic (exact) mass is 375 g/mol. The maximum absolute atomic E-state index is 12.7. The Morgan fingerprint density at radius 3 is 2.50 bits per heavy atom. The maximum Gasteiger partial charge on any atom is 0.339 e. The Kier molecular flexibility index (Phi) is 6.41. The van der Waals surface area contributed by atoms with E-state index >= 15 is 0 Å². The highest BCUT2D eigenvalue weighted by Crippen LogP contribution is 2.35. The van der Waals surface area contributed by atoms with Gasteiger partial charge in [-0.1, -0.05) is 28.9 Å². The summed E-state index contributed by atoms with van der Waals surface area (Å²) in [7, 11) is -4.03. The third kappa shape index (κ3) is 4.64. The fraction of sp³-hybridized carbons (Fsp3) is 0.211. The number of hydrogen-bond acceptors (Lipinski definition) is 6. The molecule has 26 heavy (non-hydrogen) atoms. The fourth-order valence-corrected chi connectivity index (χ4v) is 3.33. The van der Waals surface area contributed by atoms with Crippen LogP contribution >= 0.6 is 0 Å². The average molecular weight is 375 g/mol. The topological polar surface area (TPSA) is 85.2 Å². The molecule has 0 aliphatic heterocycles. The lowest BCUT2D eigenvalue weighted by Gasteiger charge is -2.16. The number of nitrogens with zero attached hydrogens (tertiary/aromatic N) is 1. The van der Waals surface area contributed by atoms with Gasteiger partial charge in [0.05, 0.1) is 12.8 Å². The number of aryl methyl sites for hydroxylation is 1. The number of ether oxygens (including phenoxy) is 1. The largest absolute Gasteiger partial charge is 0.490 e. The molecule has 2 aromatic carbocycles. The van der Waals surface area contributed by atoms with Gasteiger partial charge in [0.1, 0.15) is 4.90 Å². The van der Waals surface area contributed by atoms with Gasteiger partial charge in [-0.3, -0.25) is 0 Å². The molecule has 0 unspecified atom stereocenters. The summed E-state index contributed by atoms with van der Waals surface area (Å²) in [6.07, 6.45) is 3.20. The molecule has 1 N–H and O–H groups in total. The molecular weight excluding hydrogens is 354 g/mol. The number of rotatable bonds is 8. The van der Waals surface area contributed by atoms with Crippen LogP contribution in [0.15, 0.2) is 59.1 Å². The first-order valence-electron chi connectivity index (χ1n) is 8.00. The van der Waals surface area contributed by atoms with Crippen molar-refractivity contribution in [2.24, 2.45) is 5.16 Å². The normalized spacial score (nSPS) is 11.5. The van der Waals surface area contributed by atoms with Crippen LogP contribution in [0.1, 0.15) is 23.6 Å². The predicted molar refractivity (Wildman–Crippen MR) is 99.9 cm³/mol. The molecular formula is C19H21NO5S. The lowest BCUT2D eigenvalue weighted by atomic mass is 10.1. The highest BCUT2D eigenvalue weighted by atomic mass is 32.2. The highest BCUT2D eigenvalue weighted by Gasteiger charge is 2.22. The number of allylic oxidation sites excluding steroid dienone is 1. The van der Waals surface area contributed by atoms with Gasteiger partial charge in [0, 0.05) is 11.1 Å². The minimum absolute atomic E-state index is 0.0519. The van der Waals surface area contributed by atoms with Crippen molar-refractivity contribution in [1.29, 1.82) is 0 Å². The summed E-state index contributed by atoms with van der Waals surface area (Å²) in [4.78, 5) is 0.0519. The molecule has 2 rings (SSSR count). The summed E-state index contributed by atoms with van der Waals surface area (Å²) >= 11 is 0. The van der Waals surface area contributed by atoms with Crippen LogP contribution in [0.2, 0.25) is 0 Å². The first kappa shape index (κ1) is 19.5. The molecule has 0 bridgehead atoms. The van der Waals surface area contributed by atoms with E-state index in [4.69, 9.17) is 14.1 Å². The quantitative estimate of drug-likeness (QED) is 0.250. The minimum atomic E-state index is -4.03. The number of benzene rings is 2. The van der Waals surface area contributed by atoms with Crippen molar-refractivity contribution in [2.75, 3.05) is 6.61 Å². The lowest BCUT2D eigenvalue weighted by molar-refractivity contribution is 0.321. The Morgan fingerprint density at radius 2 is 1.92 bits per heavy atom. The molecule has 0 spiro atoms. The van der Waals surface area contributed by atoms with Gasteiger partial charge in [-0.05, 0) is 44.5 Å². The number of oxime groups is 1. The molecule has 0 heterocycles. The van der Waals surface area contributed by atoms with Gasteiger partial charge < -0.3 is 14.1 Å². The molecule has 138 valence electrons. The molecule has 0 aliphatic carbocycles. The third-order valence-electron chi connectivity index (χ3n) is 3.53. The van der Waals surface area contributed by atoms with Gasteiger partial charge in [0.25, 0.3) is 0 Å². The van der Waals surface area contributed by atoms with Crippen molar-refractivity contribution in [3.05, 3.63) is 65.7 Å². The van der Waals surface area contributed by atoms with Crippen LogP contribution in [0.3, 0.4) is 0 Å². The van der Waals surface area contributed by atoms with Crippen LogP contribution in [0.5, 0.6) is 11.5 Å². The second kappa shape index (κ2) is 8.53. The summed E-state index contributed by atoms with van der Waals surface area (Å²) in [6.45, 7) is 7.64. The van der Waals surface area contributed by atoms with Crippen LogP contribution in [-0.4, -0.2) is 26.4 Å². The average Bonchev–Trinajstić information content (AvgIpc) is 2.59. The summed E-state index contributed by atoms with van der Waals surface area (Å²) in [6, 6.07) is 9.59. The Hall–Kier alpha value is -2.80. The minimum Gasteiger partial charge on any atom is -0.490 e. The van der Waals surface area contributed by atoms with Gasteiger partial charge in [0.15, 0.2) is 11.5 Å². The molecule has 2 aromatic rings. The zero-order chi connectivity index (χ0) is 19.2. The highest BCUT2D eigenvalue weighted by molar-refractivity contribution is 7.87. The molecule has 0 aromatic heterocycles. The molecule has 0 saturated carbocycles. The van der Waals surface area contributed by atoms with Gasteiger partial charge in [0.2, 0.25) is 0 Å². The van der Waals surface area contributed by atoms with Crippen molar-refractivity contribution in [3.63, 3.8) is 0 Å². The Labute approximate surface area is 153 Å². The lowest BCUT2D eigenvalue weighted by Crippen LogP contribution is -2.12. The summed E-state index contributed by atoms with van der Waals surface area (Å²) < 4.78 is 36.3. The Morgan fingerprint density at radius 1 is 1.23 bits per heavy atom. The maximum atomic E-state index is 12.7. The molecule has 6 nitrogen and oxygen atoms in total. The van der Waals surface area contributed by atoms with Crippen LogP contribution in [0.25, 0.3) is 0 Å². The van der Waals surface area contributed by atoms with E-state index in [1.165, 1.54) is 18.3 Å². The molecule has 0 amide bonds. The van der Waals surface area contributed by atoms with Crippen molar-refractivity contribution in [3.8, 4) is 11.5 Å². The van der Waals surface area contributed by atoms with Crippen LogP contribution < -0.4 is 8.92 Å². The molecule has 0 radical (unpaired) electrons. The molecule has 0 atom stereocenters. The van der Waals surface area contributed by atoms with E-state index < -0.39 is 10.1 Å². The molecule has 0 saturated heterocycles. The smallest absolute Gasteiger partial charge is 0.339 e. The van der Waals surface area contributed by atoms with E-state index in [0.717, 1.165) is 5.56 Å². The Balaban J connectivity index is 2.54. The standard InChI is InChI=1S/C19H21NO5S/c1-4-6-16-11-15(13-20-21)12-18(24-5-2)19(16)25-26(22,23)17-9-7-14(3)8-10-17/h4,7-13,21H,1,5-6H2,2-3H3/b20-13-. The SMILES string of the molecule is C=CCc1cc(/C=N\O)cc(OCC)c1OS(=O)(=O)c1ccc(C)cc1. The molecule has 0 fully saturated rings. The van der Waals surface area contributed by atoms with E-state index in [0.29, 0.717) is 24.2 Å². The van der Waals surface area contributed by atoms with Crippen molar-refractivity contribution >= 4 is 16.3 Å². The fourth-order valence-electron chi connectivity index (χ4n) is 2.35. The van der Waals surface area contributed by atoms with Gasteiger partial charge in [-0.2, -0.15) is 8.42 Å². The molecule has 7 heteroatoms. The van der Waals surface area contributed by atoms with Crippen LogP contribution in [0, 0.1) is 6.92 Å². The summed E-state index contributed by atoms with van der Waals surface area (Å²) in [5.41, 5.74) is 2.04.